The first-order valence-corrected chi connectivity index (χ1v) is 17.9. The molecule has 0 heterocycles. The largest absolute Gasteiger partial charge is 0.458 e. The van der Waals surface area contributed by atoms with E-state index in [9.17, 15) is 23.1 Å². The van der Waals surface area contributed by atoms with E-state index in [-0.39, 0.29) is 41.7 Å². The predicted octanol–water partition coefficient (Wildman–Crippen LogP) is 10.2. The van der Waals surface area contributed by atoms with Crippen molar-refractivity contribution in [3.63, 3.8) is 0 Å². The van der Waals surface area contributed by atoms with E-state index < -0.39 is 11.8 Å². The molecule has 0 aliphatic heterocycles. The van der Waals surface area contributed by atoms with Gasteiger partial charge in [0.2, 0.25) is 0 Å². The van der Waals surface area contributed by atoms with Crippen LogP contribution in [0.5, 0.6) is 0 Å². The molecule has 1 N–H and O–H groups in total. The summed E-state index contributed by atoms with van der Waals surface area (Å²) < 4.78 is 47.6. The van der Waals surface area contributed by atoms with Crippen molar-refractivity contribution in [2.24, 2.45) is 52.3 Å². The van der Waals surface area contributed by atoms with Crippen LogP contribution in [0, 0.1) is 52.3 Å². The molecule has 2 unspecified atom stereocenters. The molecule has 6 rings (SSSR count). The molecule has 44 heavy (non-hydrogen) atoms. The topological polar surface area (TPSA) is 46.5 Å². The third-order valence-electron chi connectivity index (χ3n) is 14.4. The van der Waals surface area contributed by atoms with Gasteiger partial charge in [-0.05, 0) is 148 Å². The second kappa shape index (κ2) is 12.2. The Morgan fingerprint density at radius 3 is 2.30 bits per heavy atom. The van der Waals surface area contributed by atoms with Crippen LogP contribution in [-0.2, 0) is 4.74 Å². The number of hydrogen-bond donors (Lipinski definition) is 1. The zero-order chi connectivity index (χ0) is 31.3. The van der Waals surface area contributed by atoms with Gasteiger partial charge in [-0.25, -0.2) is 4.79 Å². The van der Waals surface area contributed by atoms with Gasteiger partial charge >= 0.3 is 12.1 Å². The fraction of sp³-hybridized carbons (Fsp3) is 0.816. The lowest BCUT2D eigenvalue weighted by atomic mass is 9.43. The first kappa shape index (κ1) is 32.4. The van der Waals surface area contributed by atoms with Crippen LogP contribution in [0.2, 0.25) is 0 Å². The van der Waals surface area contributed by atoms with Crippen molar-refractivity contribution in [2.45, 2.75) is 141 Å². The van der Waals surface area contributed by atoms with Gasteiger partial charge in [0.1, 0.15) is 6.10 Å². The second-order valence-electron chi connectivity index (χ2n) is 16.4. The minimum Gasteiger partial charge on any atom is -0.458 e. The number of carbonyl (C=O) groups excluding carboxylic acids is 1. The molecule has 0 radical (unpaired) electrons. The summed E-state index contributed by atoms with van der Waals surface area (Å²) in [6, 6.07) is 9.40. The fourth-order valence-electron chi connectivity index (χ4n) is 11.8. The summed E-state index contributed by atoms with van der Waals surface area (Å²) in [5.41, 5.74) is -1.70. The van der Waals surface area contributed by atoms with Crippen molar-refractivity contribution < 1.29 is 27.8 Å². The molecule has 0 saturated heterocycles. The Balaban J connectivity index is 1.11. The minimum absolute atomic E-state index is 0.0249. The van der Waals surface area contributed by atoms with Crippen molar-refractivity contribution in [3.8, 4) is 0 Å². The lowest BCUT2D eigenvalue weighted by Crippen LogP contribution is -2.59. The number of halogens is 3. The van der Waals surface area contributed by atoms with Gasteiger partial charge in [0, 0.05) is 0 Å². The van der Waals surface area contributed by atoms with Crippen molar-refractivity contribution in [3.05, 3.63) is 35.9 Å². The predicted molar refractivity (Wildman–Crippen MR) is 167 cm³/mol. The average Bonchev–Trinajstić information content (AvgIpc) is 3.37. The molecule has 0 spiro atoms. The maximum Gasteiger partial charge on any atom is 0.417 e. The lowest BCUT2D eigenvalue weighted by Gasteiger charge is -2.62. The number of aliphatic hydroxyl groups is 1. The highest BCUT2D eigenvalue weighted by molar-refractivity contribution is 5.89. The molecule has 246 valence electrons. The summed E-state index contributed by atoms with van der Waals surface area (Å²) in [6.45, 7) is 7.23. The zero-order valence-corrected chi connectivity index (χ0v) is 27.2. The van der Waals surface area contributed by atoms with Crippen LogP contribution < -0.4 is 0 Å². The molecule has 1 aromatic rings. The van der Waals surface area contributed by atoms with Gasteiger partial charge in [0.25, 0.3) is 0 Å². The van der Waals surface area contributed by atoms with Crippen molar-refractivity contribution in [1.82, 2.24) is 0 Å². The van der Waals surface area contributed by atoms with Crippen molar-refractivity contribution in [2.75, 3.05) is 0 Å². The Kier molecular flexibility index (Phi) is 9.00. The van der Waals surface area contributed by atoms with Crippen LogP contribution in [0.25, 0.3) is 0 Å². The molecule has 3 nitrogen and oxygen atoms in total. The number of carbonyl (C=O) groups is 1. The third-order valence-corrected chi connectivity index (χ3v) is 14.4. The molecule has 0 amide bonds. The van der Waals surface area contributed by atoms with Gasteiger partial charge in [0.05, 0.1) is 5.56 Å². The van der Waals surface area contributed by atoms with E-state index in [1.165, 1.54) is 32.1 Å². The standard InChI is InChI=1S/C38H55F3O3/c1-25(14-19-33(26-10-6-4-7-11-26)44-34(42)27-12-8-5-9-13-27)30-17-18-31-29-16-15-28-24-37(43,38(39,40)41)23-22-35(28,2)32(29)20-21-36(30,31)3/h5,8-9,12-13,25-26,28-33,43H,4,6-7,10-11,14-24H2,1-3H3/t25-,28+,29?,30-,31+,32?,33+,35+,36-,37+/m1/s1. The number of ether oxygens (including phenoxy) is 1. The summed E-state index contributed by atoms with van der Waals surface area (Å²) in [5, 5.41) is 10.6. The number of esters is 1. The van der Waals surface area contributed by atoms with Gasteiger partial charge < -0.3 is 9.84 Å². The molecule has 6 heteroatoms. The number of fused-ring (bicyclic) bond motifs is 5. The monoisotopic (exact) mass is 616 g/mol. The summed E-state index contributed by atoms with van der Waals surface area (Å²) in [7, 11) is 0. The average molecular weight is 617 g/mol. The quantitative estimate of drug-likeness (QED) is 0.310. The summed E-state index contributed by atoms with van der Waals surface area (Å²) in [4.78, 5) is 13.1. The van der Waals surface area contributed by atoms with E-state index >= 15 is 0 Å². The first-order chi connectivity index (χ1) is 20.9. The molecule has 1 aromatic carbocycles. The van der Waals surface area contributed by atoms with Crippen LogP contribution >= 0.6 is 0 Å². The Morgan fingerprint density at radius 2 is 1.59 bits per heavy atom. The van der Waals surface area contributed by atoms with Gasteiger partial charge in [0.15, 0.2) is 5.60 Å². The van der Waals surface area contributed by atoms with Crippen molar-refractivity contribution >= 4 is 5.97 Å². The molecular weight excluding hydrogens is 561 g/mol. The van der Waals surface area contributed by atoms with E-state index in [0.29, 0.717) is 47.5 Å². The smallest absolute Gasteiger partial charge is 0.417 e. The van der Waals surface area contributed by atoms with Crippen LogP contribution in [0.1, 0.15) is 134 Å². The van der Waals surface area contributed by atoms with Gasteiger partial charge in [-0.3, -0.25) is 0 Å². The van der Waals surface area contributed by atoms with Gasteiger partial charge in [-0.15, -0.1) is 0 Å². The van der Waals surface area contributed by atoms with E-state index in [4.69, 9.17) is 4.74 Å². The van der Waals surface area contributed by atoms with Crippen LogP contribution in [0.4, 0.5) is 13.2 Å². The summed E-state index contributed by atoms with van der Waals surface area (Å²) in [5.74, 6) is 3.10. The highest BCUT2D eigenvalue weighted by Crippen LogP contribution is 2.69. The van der Waals surface area contributed by atoms with E-state index in [2.05, 4.69) is 20.8 Å². The van der Waals surface area contributed by atoms with Crippen molar-refractivity contribution in [1.29, 1.82) is 0 Å². The molecule has 5 aliphatic carbocycles. The highest BCUT2D eigenvalue weighted by Gasteiger charge is 2.65. The fourth-order valence-corrected chi connectivity index (χ4v) is 11.8. The molecule has 0 bridgehead atoms. The zero-order valence-electron chi connectivity index (χ0n) is 27.2. The van der Waals surface area contributed by atoms with Crippen LogP contribution in [0.3, 0.4) is 0 Å². The van der Waals surface area contributed by atoms with Gasteiger partial charge in [-0.1, -0.05) is 58.2 Å². The Bertz CT molecular complexity index is 1150. The Hall–Kier alpha value is -1.56. The van der Waals surface area contributed by atoms with Crippen LogP contribution in [0.15, 0.2) is 30.3 Å². The molecule has 10 atom stereocenters. The Labute approximate surface area is 263 Å². The van der Waals surface area contributed by atoms with Crippen LogP contribution in [-0.4, -0.2) is 29.0 Å². The molecule has 0 aromatic heterocycles. The Morgan fingerprint density at radius 1 is 0.886 bits per heavy atom. The summed E-state index contributed by atoms with van der Waals surface area (Å²) >= 11 is 0. The van der Waals surface area contributed by atoms with Gasteiger partial charge in [-0.2, -0.15) is 13.2 Å². The maximum absolute atomic E-state index is 13.8. The SMILES string of the molecule is C[C@H](CC[C@H](OC(=O)c1ccccc1)C1CCCCC1)[C@H]1CC[C@H]2C3CC[C@H]4C[C@](O)(C(F)(F)F)CC[C@]4(C)C3CC[C@]12C. The molecular formula is C38H55F3O3. The maximum atomic E-state index is 13.8. The van der Waals surface area contributed by atoms with E-state index in [1.54, 1.807) is 0 Å². The molecule has 5 saturated carbocycles. The second-order valence-corrected chi connectivity index (χ2v) is 16.4. The number of alkyl halides is 3. The molecule has 5 fully saturated rings. The first-order valence-electron chi connectivity index (χ1n) is 17.9. The van der Waals surface area contributed by atoms with E-state index in [0.717, 1.165) is 51.4 Å². The number of benzene rings is 1. The minimum atomic E-state index is -4.54. The highest BCUT2D eigenvalue weighted by atomic mass is 19.4. The van der Waals surface area contributed by atoms with E-state index in [1.807, 2.05) is 30.3 Å². The number of hydrogen-bond acceptors (Lipinski definition) is 3. The lowest BCUT2D eigenvalue weighted by molar-refractivity contribution is -0.290. The number of rotatable bonds is 7. The molecule has 5 aliphatic rings. The third kappa shape index (κ3) is 5.77. The normalized spacial score (nSPS) is 40.8. The summed E-state index contributed by atoms with van der Waals surface area (Å²) in [6.07, 6.45) is 10.2.